The molecule has 2 amide bonds. The van der Waals surface area contributed by atoms with Crippen molar-refractivity contribution in [3.05, 3.63) is 16.5 Å². The number of amides is 2. The van der Waals surface area contributed by atoms with Crippen LogP contribution in [0.2, 0.25) is 5.02 Å². The lowest BCUT2D eigenvalue weighted by Gasteiger charge is -2.31. The van der Waals surface area contributed by atoms with E-state index in [9.17, 15) is 13.2 Å². The predicted octanol–water partition coefficient (Wildman–Crippen LogP) is 1.50. The van der Waals surface area contributed by atoms with E-state index in [1.54, 1.807) is 5.38 Å². The van der Waals surface area contributed by atoms with Crippen LogP contribution < -0.4 is 4.72 Å². The van der Waals surface area contributed by atoms with E-state index < -0.39 is 16.1 Å². The van der Waals surface area contributed by atoms with Gasteiger partial charge in [-0.3, -0.25) is 0 Å². The molecule has 0 spiro atoms. The Bertz CT molecular complexity index is 587. The fraction of sp³-hybridized carbons (Fsp3) is 0.545. The molecular weight excluding hydrogens is 324 g/mol. The van der Waals surface area contributed by atoms with Gasteiger partial charge in [0.1, 0.15) is 0 Å². The summed E-state index contributed by atoms with van der Waals surface area (Å²) in [4.78, 5) is 13.4. The van der Waals surface area contributed by atoms with Gasteiger partial charge in [0.2, 0.25) is 0 Å². The van der Waals surface area contributed by atoms with E-state index in [2.05, 4.69) is 0 Å². The highest BCUT2D eigenvalue weighted by atomic mass is 35.5. The van der Waals surface area contributed by atoms with E-state index in [1.165, 1.54) is 11.0 Å². The minimum Gasteiger partial charge on any atom is -0.396 e. The fourth-order valence-corrected chi connectivity index (χ4v) is 4.76. The lowest BCUT2D eigenvalue weighted by atomic mass is 9.99. The molecule has 1 aliphatic rings. The molecule has 0 aromatic carbocycles. The number of sulfonamides is 1. The van der Waals surface area contributed by atoms with Crippen molar-refractivity contribution in [3.63, 3.8) is 0 Å². The molecule has 0 saturated carbocycles. The van der Waals surface area contributed by atoms with E-state index >= 15 is 0 Å². The molecule has 1 aromatic rings. The van der Waals surface area contributed by atoms with Crippen molar-refractivity contribution in [2.24, 2.45) is 5.92 Å². The summed E-state index contributed by atoms with van der Waals surface area (Å²) >= 11 is 6.73. The van der Waals surface area contributed by atoms with Crippen LogP contribution in [-0.4, -0.2) is 44.2 Å². The molecule has 1 unspecified atom stereocenters. The highest BCUT2D eigenvalue weighted by molar-refractivity contribution is 7.92. The Kier molecular flexibility index (Phi) is 4.90. The van der Waals surface area contributed by atoms with Crippen molar-refractivity contribution in [2.45, 2.75) is 17.1 Å². The average Bonchev–Trinajstić information content (AvgIpc) is 2.85. The second-order valence-electron chi connectivity index (χ2n) is 4.60. The zero-order valence-corrected chi connectivity index (χ0v) is 13.0. The normalized spacial score (nSPS) is 19.9. The first-order chi connectivity index (χ1) is 9.44. The molecule has 0 radical (unpaired) electrons. The van der Waals surface area contributed by atoms with Gasteiger partial charge in [0.25, 0.3) is 10.0 Å². The number of thiophene rings is 1. The lowest BCUT2D eigenvalue weighted by molar-refractivity contribution is 0.132. The van der Waals surface area contributed by atoms with Crippen molar-refractivity contribution in [1.82, 2.24) is 9.62 Å². The summed E-state index contributed by atoms with van der Waals surface area (Å²) in [7, 11) is -3.94. The Morgan fingerprint density at radius 2 is 2.35 bits per heavy atom. The Morgan fingerprint density at radius 3 is 2.95 bits per heavy atom. The molecule has 0 aliphatic carbocycles. The number of aliphatic hydroxyl groups excluding tert-OH is 1. The van der Waals surface area contributed by atoms with Crippen molar-refractivity contribution >= 4 is 39.0 Å². The minimum atomic E-state index is -3.94. The third kappa shape index (κ3) is 3.43. The summed E-state index contributed by atoms with van der Waals surface area (Å²) in [5.41, 5.74) is 0. The maximum Gasteiger partial charge on any atom is 0.331 e. The molecule has 0 bridgehead atoms. The number of nitrogens with zero attached hydrogens (tertiary/aromatic N) is 1. The van der Waals surface area contributed by atoms with Crippen LogP contribution in [0, 0.1) is 5.92 Å². The number of rotatable bonds is 3. The quantitative estimate of drug-likeness (QED) is 0.874. The summed E-state index contributed by atoms with van der Waals surface area (Å²) in [6, 6.07) is 0.793. The number of hydrogen-bond donors (Lipinski definition) is 2. The third-order valence-corrected chi connectivity index (χ3v) is 6.46. The predicted molar refractivity (Wildman–Crippen MR) is 76.4 cm³/mol. The van der Waals surface area contributed by atoms with Crippen molar-refractivity contribution in [1.29, 1.82) is 0 Å². The smallest absolute Gasteiger partial charge is 0.331 e. The van der Waals surface area contributed by atoms with Gasteiger partial charge in [0, 0.05) is 19.7 Å². The van der Waals surface area contributed by atoms with Gasteiger partial charge in [0.05, 0.1) is 5.02 Å². The van der Waals surface area contributed by atoms with Gasteiger partial charge >= 0.3 is 6.03 Å². The van der Waals surface area contributed by atoms with Crippen LogP contribution in [0.5, 0.6) is 0 Å². The zero-order valence-electron chi connectivity index (χ0n) is 10.6. The first-order valence-electron chi connectivity index (χ1n) is 6.09. The Morgan fingerprint density at radius 1 is 1.60 bits per heavy atom. The van der Waals surface area contributed by atoms with Crippen LogP contribution in [0.3, 0.4) is 0 Å². The monoisotopic (exact) mass is 338 g/mol. The summed E-state index contributed by atoms with van der Waals surface area (Å²) < 4.78 is 26.0. The molecular formula is C11H15ClN2O4S2. The van der Waals surface area contributed by atoms with E-state index in [4.69, 9.17) is 16.7 Å². The maximum absolute atomic E-state index is 12.0. The molecule has 1 aromatic heterocycles. The fourth-order valence-electron chi connectivity index (χ4n) is 2.10. The summed E-state index contributed by atoms with van der Waals surface area (Å²) in [6.45, 7) is 0.833. The van der Waals surface area contributed by atoms with Crippen molar-refractivity contribution in [3.8, 4) is 0 Å². The second kappa shape index (κ2) is 6.30. The number of carbonyl (C=O) groups is 1. The molecule has 1 saturated heterocycles. The van der Waals surface area contributed by atoms with Crippen LogP contribution in [0.25, 0.3) is 0 Å². The first kappa shape index (κ1) is 15.6. The molecule has 112 valence electrons. The minimum absolute atomic E-state index is 0.00234. The number of urea groups is 1. The molecule has 1 fully saturated rings. The van der Waals surface area contributed by atoms with Crippen LogP contribution >= 0.6 is 22.9 Å². The largest absolute Gasteiger partial charge is 0.396 e. The standard InChI is InChI=1S/C11H15ClN2O4S2/c12-9-3-5-19-10(9)20(17,18)13-11(16)14-4-1-2-8(6-14)7-15/h3,5,8,15H,1-2,4,6-7H2,(H,13,16). The van der Waals surface area contributed by atoms with Gasteiger partial charge in [0.15, 0.2) is 4.21 Å². The SMILES string of the molecule is O=C(NS(=O)(=O)c1sccc1Cl)N1CCCC(CO)C1. The van der Waals surface area contributed by atoms with Crippen LogP contribution in [0.15, 0.2) is 15.7 Å². The molecule has 2 rings (SSSR count). The van der Waals surface area contributed by atoms with E-state index in [1.807, 2.05) is 4.72 Å². The number of carbonyl (C=O) groups excluding carboxylic acids is 1. The zero-order chi connectivity index (χ0) is 14.8. The number of aliphatic hydroxyl groups is 1. The molecule has 9 heteroatoms. The number of hydrogen-bond acceptors (Lipinski definition) is 5. The van der Waals surface area contributed by atoms with Crippen LogP contribution in [0.1, 0.15) is 12.8 Å². The lowest BCUT2D eigenvalue weighted by Crippen LogP contribution is -2.47. The summed E-state index contributed by atoms with van der Waals surface area (Å²) in [5, 5.41) is 10.8. The molecule has 2 N–H and O–H groups in total. The topological polar surface area (TPSA) is 86.7 Å². The van der Waals surface area contributed by atoms with E-state index in [0.717, 1.165) is 24.2 Å². The molecule has 2 heterocycles. The first-order valence-corrected chi connectivity index (χ1v) is 8.83. The highest BCUT2D eigenvalue weighted by Crippen LogP contribution is 2.27. The Balaban J connectivity index is 2.06. The Labute approximate surface area is 126 Å². The van der Waals surface area contributed by atoms with Crippen molar-refractivity contribution in [2.75, 3.05) is 19.7 Å². The van der Waals surface area contributed by atoms with Gasteiger partial charge in [-0.2, -0.15) is 0 Å². The van der Waals surface area contributed by atoms with Gasteiger partial charge < -0.3 is 10.0 Å². The van der Waals surface area contributed by atoms with Crippen LogP contribution in [-0.2, 0) is 10.0 Å². The molecule has 6 nitrogen and oxygen atoms in total. The van der Waals surface area contributed by atoms with Gasteiger partial charge in [-0.1, -0.05) is 11.6 Å². The molecule has 1 atom stereocenters. The van der Waals surface area contributed by atoms with Crippen molar-refractivity contribution < 1.29 is 18.3 Å². The number of piperidine rings is 1. The van der Waals surface area contributed by atoms with Crippen LogP contribution in [0.4, 0.5) is 4.79 Å². The average molecular weight is 339 g/mol. The highest BCUT2D eigenvalue weighted by Gasteiger charge is 2.28. The molecule has 1 aliphatic heterocycles. The second-order valence-corrected chi connectivity index (χ2v) is 7.80. The third-order valence-electron chi connectivity index (χ3n) is 3.11. The number of likely N-dealkylation sites (tertiary alicyclic amines) is 1. The Hall–Kier alpha value is -0.830. The maximum atomic E-state index is 12.0. The van der Waals surface area contributed by atoms with E-state index in [0.29, 0.717) is 13.1 Å². The summed E-state index contributed by atoms with van der Waals surface area (Å²) in [6.07, 6.45) is 1.59. The molecule has 20 heavy (non-hydrogen) atoms. The van der Waals surface area contributed by atoms with Gasteiger partial charge in [-0.05, 0) is 30.2 Å². The van der Waals surface area contributed by atoms with E-state index in [-0.39, 0.29) is 21.8 Å². The van der Waals surface area contributed by atoms with Gasteiger partial charge in [-0.15, -0.1) is 11.3 Å². The number of nitrogens with one attached hydrogen (secondary N) is 1. The number of halogens is 1. The summed E-state index contributed by atoms with van der Waals surface area (Å²) in [5.74, 6) is 0.00234. The van der Waals surface area contributed by atoms with Gasteiger partial charge in [-0.25, -0.2) is 17.9 Å².